The van der Waals surface area contributed by atoms with Crippen molar-refractivity contribution < 1.29 is 13.2 Å². The molecule has 6 heteroatoms. The largest absolute Gasteiger partial charge is 0.494 e. The molecule has 0 amide bonds. The lowest BCUT2D eigenvalue weighted by atomic mass is 10.3. The minimum absolute atomic E-state index is 0.172. The quantitative estimate of drug-likeness (QED) is 0.797. The normalized spacial score (nSPS) is 13.0. The van der Waals surface area contributed by atoms with Crippen LogP contribution in [0.2, 0.25) is 0 Å². The Labute approximate surface area is 123 Å². The molecule has 0 saturated carbocycles. The molecular weight excluding hydrogens is 288 g/mol. The van der Waals surface area contributed by atoms with E-state index in [2.05, 4.69) is 11.6 Å². The van der Waals surface area contributed by atoms with Crippen molar-refractivity contribution in [2.45, 2.75) is 6.92 Å². The average Bonchev–Trinajstić information content (AvgIpc) is 2.92. The first-order chi connectivity index (χ1) is 10.1. The van der Waals surface area contributed by atoms with E-state index >= 15 is 0 Å². The minimum Gasteiger partial charge on any atom is -0.494 e. The number of allylic oxidation sites excluding steroid dienone is 4. The van der Waals surface area contributed by atoms with Gasteiger partial charge in [0.2, 0.25) is 0 Å². The highest BCUT2D eigenvalue weighted by molar-refractivity contribution is 7.94. The first-order valence-electron chi connectivity index (χ1n) is 6.27. The zero-order valence-electron chi connectivity index (χ0n) is 11.9. The summed E-state index contributed by atoms with van der Waals surface area (Å²) in [6.45, 7) is 5.21. The number of hydrogen-bond donors (Lipinski definition) is 0. The van der Waals surface area contributed by atoms with E-state index in [0.29, 0.717) is 16.8 Å². The van der Waals surface area contributed by atoms with Gasteiger partial charge in [-0.25, -0.2) is 12.4 Å². The van der Waals surface area contributed by atoms with Crippen LogP contribution in [0.3, 0.4) is 0 Å². The van der Waals surface area contributed by atoms with Gasteiger partial charge in [-0.3, -0.25) is 4.98 Å². The Morgan fingerprint density at radius 2 is 2.19 bits per heavy atom. The lowest BCUT2D eigenvalue weighted by molar-refractivity contribution is 0.418. The molecule has 0 saturated heterocycles. The molecule has 110 valence electrons. The van der Waals surface area contributed by atoms with Crippen LogP contribution >= 0.6 is 0 Å². The molecule has 0 N–H and O–H groups in total. The van der Waals surface area contributed by atoms with Crippen LogP contribution in [0.5, 0.6) is 5.75 Å². The van der Waals surface area contributed by atoms with Crippen LogP contribution in [0.1, 0.15) is 6.92 Å². The highest BCUT2D eigenvalue weighted by Crippen LogP contribution is 2.28. The van der Waals surface area contributed by atoms with Gasteiger partial charge in [0.05, 0.1) is 17.5 Å². The standard InChI is InChI=1S/C15H16N2O3S/c1-4-6-7-12(5-2)21(18,19)17-11-9-13-15(17)14(20-3)8-10-16-13/h4-11H,1H2,2-3H3/b7-6-,12-5+. The third-order valence-electron chi connectivity index (χ3n) is 2.96. The van der Waals surface area contributed by atoms with Gasteiger partial charge in [0.1, 0.15) is 11.3 Å². The highest BCUT2D eigenvalue weighted by Gasteiger charge is 2.21. The number of ether oxygens (including phenoxy) is 1. The van der Waals surface area contributed by atoms with Crippen molar-refractivity contribution in [2.75, 3.05) is 7.11 Å². The van der Waals surface area contributed by atoms with Gasteiger partial charge in [0.25, 0.3) is 10.0 Å². The van der Waals surface area contributed by atoms with Crippen molar-refractivity contribution in [2.24, 2.45) is 0 Å². The summed E-state index contributed by atoms with van der Waals surface area (Å²) in [5, 5.41) is 0. The smallest absolute Gasteiger partial charge is 0.268 e. The molecule has 0 unspecified atom stereocenters. The van der Waals surface area contributed by atoms with E-state index in [1.165, 1.54) is 35.5 Å². The van der Waals surface area contributed by atoms with Crippen molar-refractivity contribution in [3.8, 4) is 5.75 Å². The molecule has 21 heavy (non-hydrogen) atoms. The van der Waals surface area contributed by atoms with E-state index in [4.69, 9.17) is 4.74 Å². The van der Waals surface area contributed by atoms with Crippen molar-refractivity contribution in [3.05, 3.63) is 60.3 Å². The van der Waals surface area contributed by atoms with Crippen LogP contribution in [0.25, 0.3) is 11.0 Å². The molecule has 2 rings (SSSR count). The maximum atomic E-state index is 12.7. The number of nitrogens with zero attached hydrogens (tertiary/aromatic N) is 2. The van der Waals surface area contributed by atoms with Gasteiger partial charge >= 0.3 is 0 Å². The lowest BCUT2D eigenvalue weighted by Gasteiger charge is -2.10. The van der Waals surface area contributed by atoms with Crippen LogP contribution in [0, 0.1) is 0 Å². The Bertz CT molecular complexity index is 830. The summed E-state index contributed by atoms with van der Waals surface area (Å²) in [5.74, 6) is 0.455. The van der Waals surface area contributed by atoms with Gasteiger partial charge < -0.3 is 4.74 Å². The van der Waals surface area contributed by atoms with Crippen LogP contribution in [-0.2, 0) is 10.0 Å². The SMILES string of the molecule is C=C/C=C\C(=C/C)S(=O)(=O)n1ccc2nccc(OC)c21. The van der Waals surface area contributed by atoms with Crippen molar-refractivity contribution in [3.63, 3.8) is 0 Å². The Balaban J connectivity index is 2.71. The van der Waals surface area contributed by atoms with Crippen LogP contribution in [-0.4, -0.2) is 24.5 Å². The van der Waals surface area contributed by atoms with Crippen molar-refractivity contribution in [1.29, 1.82) is 0 Å². The maximum absolute atomic E-state index is 12.7. The maximum Gasteiger partial charge on any atom is 0.268 e. The Hall–Kier alpha value is -2.34. The Morgan fingerprint density at radius 3 is 2.81 bits per heavy atom. The number of fused-ring (bicyclic) bond motifs is 1. The first kappa shape index (κ1) is 15.1. The van der Waals surface area contributed by atoms with Crippen molar-refractivity contribution >= 4 is 21.1 Å². The number of aromatic nitrogens is 2. The van der Waals surface area contributed by atoms with E-state index in [1.54, 1.807) is 31.3 Å². The number of hydrogen-bond acceptors (Lipinski definition) is 4. The second-order valence-electron chi connectivity index (χ2n) is 4.15. The van der Waals surface area contributed by atoms with Crippen molar-refractivity contribution in [1.82, 2.24) is 8.96 Å². The molecule has 2 heterocycles. The topological polar surface area (TPSA) is 61.2 Å². The summed E-state index contributed by atoms with van der Waals surface area (Å²) in [5.41, 5.74) is 0.979. The summed E-state index contributed by atoms with van der Waals surface area (Å²) < 4.78 is 31.9. The summed E-state index contributed by atoms with van der Waals surface area (Å²) >= 11 is 0. The lowest BCUT2D eigenvalue weighted by Crippen LogP contribution is -2.13. The predicted molar refractivity (Wildman–Crippen MR) is 83.7 cm³/mol. The van der Waals surface area contributed by atoms with Gasteiger partial charge in [-0.1, -0.05) is 24.8 Å². The zero-order valence-corrected chi connectivity index (χ0v) is 12.7. The van der Waals surface area contributed by atoms with E-state index in [-0.39, 0.29) is 4.91 Å². The average molecular weight is 304 g/mol. The molecule has 0 aliphatic rings. The second-order valence-corrected chi connectivity index (χ2v) is 5.96. The van der Waals surface area contributed by atoms with Gasteiger partial charge in [0, 0.05) is 18.5 Å². The fourth-order valence-electron chi connectivity index (χ4n) is 1.98. The summed E-state index contributed by atoms with van der Waals surface area (Å²) in [6, 6.07) is 3.27. The van der Waals surface area contributed by atoms with Gasteiger partial charge in [-0.15, -0.1) is 0 Å². The fraction of sp³-hybridized carbons (Fsp3) is 0.133. The molecule has 0 radical (unpaired) electrons. The summed E-state index contributed by atoms with van der Waals surface area (Å²) in [7, 11) is -2.22. The molecule has 0 aliphatic carbocycles. The summed E-state index contributed by atoms with van der Waals surface area (Å²) in [6.07, 6.45) is 9.18. The van der Waals surface area contributed by atoms with E-state index < -0.39 is 10.0 Å². The Kier molecular flexibility index (Phi) is 4.28. The van der Waals surface area contributed by atoms with Gasteiger partial charge in [-0.2, -0.15) is 0 Å². The van der Waals surface area contributed by atoms with E-state index in [0.717, 1.165) is 0 Å². The molecule has 2 aromatic heterocycles. The van der Waals surface area contributed by atoms with E-state index in [9.17, 15) is 8.42 Å². The van der Waals surface area contributed by atoms with Gasteiger partial charge in [0.15, 0.2) is 0 Å². The number of methoxy groups -OCH3 is 1. The highest BCUT2D eigenvalue weighted by atomic mass is 32.2. The van der Waals surface area contributed by atoms with Crippen LogP contribution in [0.15, 0.2) is 60.3 Å². The molecule has 0 atom stereocenters. The van der Waals surface area contributed by atoms with Crippen LogP contribution < -0.4 is 4.74 Å². The molecule has 0 fully saturated rings. The number of pyridine rings is 1. The third kappa shape index (κ3) is 2.62. The van der Waals surface area contributed by atoms with Crippen LogP contribution in [0.4, 0.5) is 0 Å². The molecular formula is C15H16N2O3S. The number of rotatable bonds is 5. The molecule has 5 nitrogen and oxygen atoms in total. The van der Waals surface area contributed by atoms with E-state index in [1.807, 2.05) is 0 Å². The monoisotopic (exact) mass is 304 g/mol. The molecule has 0 aliphatic heterocycles. The second kappa shape index (κ2) is 5.97. The molecule has 0 bridgehead atoms. The minimum atomic E-state index is -3.72. The Morgan fingerprint density at radius 1 is 1.43 bits per heavy atom. The first-order valence-corrected chi connectivity index (χ1v) is 7.71. The molecule has 0 spiro atoms. The third-order valence-corrected chi connectivity index (χ3v) is 4.75. The fourth-order valence-corrected chi connectivity index (χ4v) is 3.40. The predicted octanol–water partition coefficient (Wildman–Crippen LogP) is 2.87. The molecule has 2 aromatic rings. The van der Waals surface area contributed by atoms with Gasteiger partial charge in [-0.05, 0) is 19.1 Å². The zero-order chi connectivity index (χ0) is 15.5. The summed E-state index contributed by atoms with van der Waals surface area (Å²) in [4.78, 5) is 4.32. The molecule has 0 aromatic carbocycles.